The molecule has 0 unspecified atom stereocenters. The quantitative estimate of drug-likeness (QED) is 0.414. The first-order valence-electron chi connectivity index (χ1n) is 8.80. The van der Waals surface area contributed by atoms with E-state index in [1.54, 1.807) is 7.11 Å². The fourth-order valence-electron chi connectivity index (χ4n) is 2.88. The lowest BCUT2D eigenvalue weighted by atomic mass is 10.2. The van der Waals surface area contributed by atoms with Crippen molar-refractivity contribution in [2.75, 3.05) is 40.0 Å². The molecule has 3 heteroatoms. The first kappa shape index (κ1) is 19.0. The SMILES string of the molecule is CCCCCCOc1ccc([N+](CC)(CC)CCOC)cc1. The second-order valence-corrected chi connectivity index (χ2v) is 5.90. The summed E-state index contributed by atoms with van der Waals surface area (Å²) in [7, 11) is 1.77. The number of nitrogens with zero attached hydrogens (tertiary/aromatic N) is 1. The fraction of sp³-hybridized carbons (Fsp3) is 0.684. The van der Waals surface area contributed by atoms with E-state index < -0.39 is 0 Å². The molecule has 0 saturated heterocycles. The Morgan fingerprint density at radius 2 is 1.55 bits per heavy atom. The Hall–Kier alpha value is -1.06. The van der Waals surface area contributed by atoms with Gasteiger partial charge in [0, 0.05) is 19.2 Å². The highest BCUT2D eigenvalue weighted by Crippen LogP contribution is 2.25. The highest BCUT2D eigenvalue weighted by molar-refractivity contribution is 5.46. The normalized spacial score (nSPS) is 11.6. The topological polar surface area (TPSA) is 18.5 Å². The largest absolute Gasteiger partial charge is 0.494 e. The fourth-order valence-corrected chi connectivity index (χ4v) is 2.88. The summed E-state index contributed by atoms with van der Waals surface area (Å²) in [5, 5.41) is 0. The summed E-state index contributed by atoms with van der Waals surface area (Å²) >= 11 is 0. The Balaban J connectivity index is 2.61. The van der Waals surface area contributed by atoms with Gasteiger partial charge in [-0.1, -0.05) is 26.2 Å². The van der Waals surface area contributed by atoms with Gasteiger partial charge < -0.3 is 9.47 Å². The van der Waals surface area contributed by atoms with Gasteiger partial charge in [0.1, 0.15) is 18.0 Å². The van der Waals surface area contributed by atoms with Gasteiger partial charge in [-0.15, -0.1) is 0 Å². The third kappa shape index (κ3) is 5.62. The minimum Gasteiger partial charge on any atom is -0.494 e. The monoisotopic (exact) mass is 308 g/mol. The van der Waals surface area contributed by atoms with Gasteiger partial charge in [-0.3, -0.25) is 4.48 Å². The Kier molecular flexibility index (Phi) is 9.17. The first-order valence-corrected chi connectivity index (χ1v) is 8.80. The maximum Gasteiger partial charge on any atom is 0.133 e. The predicted octanol–water partition coefficient (Wildman–Crippen LogP) is 4.64. The molecule has 0 spiro atoms. The standard InChI is InChI=1S/C19H34NO2/c1-5-8-9-10-16-22-19-13-11-18(12-14-19)20(6-2,7-3)15-17-21-4/h11-14H,5-10,15-17H2,1-4H3/q+1. The summed E-state index contributed by atoms with van der Waals surface area (Å²) in [6.45, 7) is 11.5. The van der Waals surface area contributed by atoms with Gasteiger partial charge in [0.05, 0.1) is 26.3 Å². The smallest absolute Gasteiger partial charge is 0.133 e. The van der Waals surface area contributed by atoms with Gasteiger partial charge >= 0.3 is 0 Å². The lowest BCUT2D eigenvalue weighted by molar-refractivity contribution is 0.155. The summed E-state index contributed by atoms with van der Waals surface area (Å²) in [6.07, 6.45) is 4.98. The van der Waals surface area contributed by atoms with Crippen LogP contribution in [0.2, 0.25) is 0 Å². The van der Waals surface area contributed by atoms with Crippen molar-refractivity contribution in [3.8, 4) is 5.75 Å². The molecule has 0 aliphatic rings. The average molecular weight is 308 g/mol. The van der Waals surface area contributed by atoms with Crippen LogP contribution in [-0.2, 0) is 4.74 Å². The molecule has 0 bridgehead atoms. The number of benzene rings is 1. The molecule has 0 aromatic heterocycles. The number of quaternary nitrogens is 1. The van der Waals surface area contributed by atoms with Crippen LogP contribution < -0.4 is 9.22 Å². The van der Waals surface area contributed by atoms with Crippen LogP contribution in [0.3, 0.4) is 0 Å². The molecule has 3 nitrogen and oxygen atoms in total. The molecule has 0 amide bonds. The molecule has 126 valence electrons. The van der Waals surface area contributed by atoms with E-state index in [0.29, 0.717) is 0 Å². The van der Waals surface area contributed by atoms with E-state index in [2.05, 4.69) is 45.0 Å². The molecular weight excluding hydrogens is 274 g/mol. The molecule has 1 aromatic carbocycles. The molecule has 1 aromatic rings. The molecule has 1 rings (SSSR count). The highest BCUT2D eigenvalue weighted by atomic mass is 16.5. The van der Waals surface area contributed by atoms with Crippen LogP contribution in [0.1, 0.15) is 46.5 Å². The number of hydrogen-bond acceptors (Lipinski definition) is 2. The van der Waals surface area contributed by atoms with Gasteiger partial charge in [0.15, 0.2) is 0 Å². The van der Waals surface area contributed by atoms with Crippen molar-refractivity contribution in [3.05, 3.63) is 24.3 Å². The third-order valence-corrected chi connectivity index (χ3v) is 4.59. The van der Waals surface area contributed by atoms with Gasteiger partial charge in [-0.05, 0) is 32.4 Å². The molecule has 0 radical (unpaired) electrons. The molecular formula is C19H34NO2+. The molecule has 0 N–H and O–H groups in total. The van der Waals surface area contributed by atoms with Crippen LogP contribution in [0.5, 0.6) is 5.75 Å². The summed E-state index contributed by atoms with van der Waals surface area (Å²) in [5.74, 6) is 0.984. The maximum atomic E-state index is 5.84. The van der Waals surface area contributed by atoms with E-state index in [4.69, 9.17) is 9.47 Å². The van der Waals surface area contributed by atoms with Crippen LogP contribution in [-0.4, -0.2) is 40.0 Å². The van der Waals surface area contributed by atoms with Crippen LogP contribution in [0.15, 0.2) is 24.3 Å². The van der Waals surface area contributed by atoms with E-state index in [1.807, 2.05) is 0 Å². The van der Waals surface area contributed by atoms with E-state index in [1.165, 1.54) is 24.9 Å². The summed E-state index contributed by atoms with van der Waals surface area (Å²) in [4.78, 5) is 0. The second kappa shape index (κ2) is 10.6. The number of likely N-dealkylation sites (N-methyl/N-ethyl adjacent to an activating group) is 1. The predicted molar refractivity (Wildman–Crippen MR) is 95.7 cm³/mol. The summed E-state index contributed by atoms with van der Waals surface area (Å²) in [5.41, 5.74) is 1.35. The summed E-state index contributed by atoms with van der Waals surface area (Å²) < 4.78 is 12.1. The van der Waals surface area contributed by atoms with Crippen molar-refractivity contribution in [3.63, 3.8) is 0 Å². The Morgan fingerprint density at radius 3 is 2.09 bits per heavy atom. The highest BCUT2D eigenvalue weighted by Gasteiger charge is 2.26. The molecule has 0 atom stereocenters. The van der Waals surface area contributed by atoms with E-state index in [0.717, 1.165) is 49.5 Å². The molecule has 22 heavy (non-hydrogen) atoms. The minimum atomic E-state index is 0.789. The van der Waals surface area contributed by atoms with Crippen molar-refractivity contribution in [2.24, 2.45) is 0 Å². The maximum absolute atomic E-state index is 5.84. The molecule has 0 saturated carbocycles. The van der Waals surface area contributed by atoms with Crippen molar-refractivity contribution in [1.29, 1.82) is 0 Å². The number of methoxy groups -OCH3 is 1. The Bertz CT molecular complexity index is 385. The van der Waals surface area contributed by atoms with E-state index in [-0.39, 0.29) is 0 Å². The minimum absolute atomic E-state index is 0.789. The second-order valence-electron chi connectivity index (χ2n) is 5.90. The number of rotatable bonds is 12. The lowest BCUT2D eigenvalue weighted by Gasteiger charge is -2.36. The van der Waals surface area contributed by atoms with Gasteiger partial charge in [-0.2, -0.15) is 0 Å². The van der Waals surface area contributed by atoms with Crippen LogP contribution in [0, 0.1) is 0 Å². The van der Waals surface area contributed by atoms with Crippen molar-refractivity contribution in [2.45, 2.75) is 46.5 Å². The zero-order chi connectivity index (χ0) is 16.3. The van der Waals surface area contributed by atoms with E-state index >= 15 is 0 Å². The molecule has 0 heterocycles. The first-order chi connectivity index (χ1) is 10.7. The summed E-state index contributed by atoms with van der Waals surface area (Å²) in [6, 6.07) is 8.65. The molecule has 0 aliphatic heterocycles. The van der Waals surface area contributed by atoms with Gasteiger partial charge in [-0.25, -0.2) is 0 Å². The zero-order valence-corrected chi connectivity index (χ0v) is 14.9. The van der Waals surface area contributed by atoms with Crippen LogP contribution in [0.4, 0.5) is 5.69 Å². The number of unbranched alkanes of at least 4 members (excludes halogenated alkanes) is 3. The van der Waals surface area contributed by atoms with Crippen molar-refractivity contribution in [1.82, 2.24) is 4.48 Å². The number of hydrogen-bond donors (Lipinski definition) is 0. The molecule has 0 aliphatic carbocycles. The van der Waals surface area contributed by atoms with E-state index in [9.17, 15) is 0 Å². The average Bonchev–Trinajstić information content (AvgIpc) is 2.57. The van der Waals surface area contributed by atoms with Gasteiger partial charge in [0.2, 0.25) is 0 Å². The van der Waals surface area contributed by atoms with Crippen LogP contribution >= 0.6 is 0 Å². The van der Waals surface area contributed by atoms with Gasteiger partial charge in [0.25, 0.3) is 0 Å². The lowest BCUT2D eigenvalue weighted by Crippen LogP contribution is -2.51. The van der Waals surface area contributed by atoms with Crippen molar-refractivity contribution >= 4 is 5.69 Å². The zero-order valence-electron chi connectivity index (χ0n) is 14.9. The Morgan fingerprint density at radius 1 is 0.864 bits per heavy atom. The molecule has 0 fully saturated rings. The Labute approximate surface area is 136 Å². The van der Waals surface area contributed by atoms with Crippen LogP contribution in [0.25, 0.3) is 0 Å². The third-order valence-electron chi connectivity index (χ3n) is 4.59. The number of ether oxygens (including phenoxy) is 2. The van der Waals surface area contributed by atoms with Crippen molar-refractivity contribution < 1.29 is 9.47 Å².